The zero-order valence-electron chi connectivity index (χ0n) is 6.84. The van der Waals surface area contributed by atoms with Crippen molar-refractivity contribution in [2.75, 3.05) is 0 Å². The maximum atomic E-state index is 10.8. The van der Waals surface area contributed by atoms with Crippen LogP contribution < -0.4 is 5.73 Å². The highest BCUT2D eigenvalue weighted by Crippen LogP contribution is 2.25. The Hall–Kier alpha value is -0.570. The van der Waals surface area contributed by atoms with Crippen LogP contribution >= 0.6 is 23.2 Å². The molecule has 1 rings (SSSR count). The van der Waals surface area contributed by atoms with Gasteiger partial charge < -0.3 is 5.73 Å². The van der Waals surface area contributed by atoms with E-state index in [1.54, 1.807) is 12.1 Å². The fourth-order valence-corrected chi connectivity index (χ4v) is 1.42. The van der Waals surface area contributed by atoms with Crippen LogP contribution in [-0.2, 0) is 11.3 Å². The highest BCUT2D eigenvalue weighted by Gasteiger charge is 2.17. The number of alkyl halides is 1. The first-order chi connectivity index (χ1) is 6.16. The summed E-state index contributed by atoms with van der Waals surface area (Å²) >= 11 is 11.1. The van der Waals surface area contributed by atoms with Crippen molar-refractivity contribution < 1.29 is 4.79 Å². The van der Waals surface area contributed by atoms with Crippen LogP contribution in [0.5, 0.6) is 0 Å². The predicted molar refractivity (Wildman–Crippen MR) is 53.8 cm³/mol. The van der Waals surface area contributed by atoms with Gasteiger partial charge in [-0.2, -0.15) is 0 Å². The maximum absolute atomic E-state index is 10.8. The number of halogens is 2. The molecule has 0 aromatic heterocycles. The molecule has 0 amide bonds. The number of hydrogen-bond acceptors (Lipinski definition) is 2. The summed E-state index contributed by atoms with van der Waals surface area (Å²) in [6, 6.07) is 7.21. The van der Waals surface area contributed by atoms with Crippen LogP contribution in [0.25, 0.3) is 0 Å². The molecular weight excluding hydrogens is 209 g/mol. The number of benzene rings is 1. The van der Waals surface area contributed by atoms with E-state index in [4.69, 9.17) is 28.9 Å². The molecule has 13 heavy (non-hydrogen) atoms. The number of carbonyl (C=O) groups excluding carboxylic acids is 1. The summed E-state index contributed by atoms with van der Waals surface area (Å²) in [6.07, 6.45) is 0. The average Bonchev–Trinajstić information content (AvgIpc) is 2.16. The van der Waals surface area contributed by atoms with Crippen molar-refractivity contribution in [1.29, 1.82) is 0 Å². The lowest BCUT2D eigenvalue weighted by Gasteiger charge is -2.09. The van der Waals surface area contributed by atoms with Gasteiger partial charge in [-0.05, 0) is 22.7 Å². The monoisotopic (exact) mass is 217 g/mol. The predicted octanol–water partition coefficient (Wildman–Crippen LogP) is 2.19. The van der Waals surface area contributed by atoms with Crippen LogP contribution in [0.1, 0.15) is 16.5 Å². The minimum Gasteiger partial charge on any atom is -0.326 e. The van der Waals surface area contributed by atoms with Gasteiger partial charge in [0.1, 0.15) is 5.38 Å². The summed E-state index contributed by atoms with van der Waals surface area (Å²) < 4.78 is 0. The molecule has 0 spiro atoms. The molecule has 0 bridgehead atoms. The summed E-state index contributed by atoms with van der Waals surface area (Å²) in [5, 5.41) is -1.39. The molecule has 2 nitrogen and oxygen atoms in total. The Morgan fingerprint density at radius 1 is 1.46 bits per heavy atom. The minimum absolute atomic E-state index is 0.351. The smallest absolute Gasteiger partial charge is 0.244 e. The molecule has 70 valence electrons. The van der Waals surface area contributed by atoms with Gasteiger partial charge in [0.05, 0.1) is 0 Å². The minimum atomic E-state index is -0.804. The number of nitrogens with two attached hydrogens (primary N) is 1. The van der Waals surface area contributed by atoms with E-state index in [1.165, 1.54) is 0 Å². The van der Waals surface area contributed by atoms with Crippen molar-refractivity contribution in [3.8, 4) is 0 Å². The van der Waals surface area contributed by atoms with Crippen LogP contribution in [0.15, 0.2) is 24.3 Å². The van der Waals surface area contributed by atoms with Crippen LogP contribution in [-0.4, -0.2) is 5.24 Å². The van der Waals surface area contributed by atoms with Crippen molar-refractivity contribution in [2.24, 2.45) is 5.73 Å². The Labute approximate surface area is 86.6 Å². The third kappa shape index (κ3) is 2.44. The van der Waals surface area contributed by atoms with Crippen molar-refractivity contribution in [3.05, 3.63) is 35.4 Å². The molecule has 1 unspecified atom stereocenters. The van der Waals surface area contributed by atoms with E-state index in [0.717, 1.165) is 5.56 Å². The van der Waals surface area contributed by atoms with E-state index in [2.05, 4.69) is 0 Å². The lowest BCUT2D eigenvalue weighted by Crippen LogP contribution is -2.06. The lowest BCUT2D eigenvalue weighted by molar-refractivity contribution is -0.111. The number of carbonyl (C=O) groups is 1. The van der Waals surface area contributed by atoms with Gasteiger partial charge in [-0.15, -0.1) is 11.6 Å². The van der Waals surface area contributed by atoms with Gasteiger partial charge in [-0.1, -0.05) is 24.3 Å². The summed E-state index contributed by atoms with van der Waals surface area (Å²) in [7, 11) is 0. The maximum Gasteiger partial charge on any atom is 0.244 e. The molecule has 1 aromatic rings. The van der Waals surface area contributed by atoms with E-state index >= 15 is 0 Å². The van der Waals surface area contributed by atoms with Crippen LogP contribution in [0.4, 0.5) is 0 Å². The molecule has 0 fully saturated rings. The van der Waals surface area contributed by atoms with Crippen molar-refractivity contribution in [2.45, 2.75) is 11.9 Å². The van der Waals surface area contributed by atoms with Crippen molar-refractivity contribution in [1.82, 2.24) is 0 Å². The van der Waals surface area contributed by atoms with E-state index in [9.17, 15) is 4.79 Å². The number of hydrogen-bond donors (Lipinski definition) is 1. The normalized spacial score (nSPS) is 12.5. The molecule has 0 radical (unpaired) electrons. The molecule has 1 aromatic carbocycles. The van der Waals surface area contributed by atoms with Gasteiger partial charge in [-0.3, -0.25) is 4.79 Å². The molecule has 0 aliphatic rings. The van der Waals surface area contributed by atoms with Crippen LogP contribution in [0, 0.1) is 0 Å². The zero-order valence-corrected chi connectivity index (χ0v) is 8.35. The molecule has 1 atom stereocenters. The Kier molecular flexibility index (Phi) is 3.72. The first-order valence-corrected chi connectivity index (χ1v) is 4.59. The van der Waals surface area contributed by atoms with Gasteiger partial charge in [0.25, 0.3) is 0 Å². The number of rotatable bonds is 3. The summed E-state index contributed by atoms with van der Waals surface area (Å²) in [4.78, 5) is 10.8. The Balaban J connectivity index is 3.05. The van der Waals surface area contributed by atoms with Gasteiger partial charge >= 0.3 is 0 Å². The Morgan fingerprint density at radius 3 is 2.62 bits per heavy atom. The quantitative estimate of drug-likeness (QED) is 0.624. The third-order valence-corrected chi connectivity index (χ3v) is 2.51. The summed E-state index contributed by atoms with van der Waals surface area (Å²) in [5.74, 6) is 0. The first kappa shape index (κ1) is 10.5. The second kappa shape index (κ2) is 4.61. The van der Waals surface area contributed by atoms with Crippen LogP contribution in [0.3, 0.4) is 0 Å². The van der Waals surface area contributed by atoms with Gasteiger partial charge in [0, 0.05) is 6.54 Å². The molecule has 0 aliphatic carbocycles. The fraction of sp³-hybridized carbons (Fsp3) is 0.222. The Morgan fingerprint density at radius 2 is 2.08 bits per heavy atom. The lowest BCUT2D eigenvalue weighted by atomic mass is 10.1. The van der Waals surface area contributed by atoms with Crippen molar-refractivity contribution in [3.63, 3.8) is 0 Å². The molecule has 4 heteroatoms. The molecule has 0 saturated heterocycles. The topological polar surface area (TPSA) is 43.1 Å². The van der Waals surface area contributed by atoms with Crippen LogP contribution in [0.2, 0.25) is 0 Å². The molecule has 0 aliphatic heterocycles. The van der Waals surface area contributed by atoms with Gasteiger partial charge in [-0.25, -0.2) is 0 Å². The summed E-state index contributed by atoms with van der Waals surface area (Å²) in [6.45, 7) is 0.351. The van der Waals surface area contributed by atoms with E-state index < -0.39 is 10.6 Å². The van der Waals surface area contributed by atoms with Gasteiger partial charge in [0.15, 0.2) is 0 Å². The first-order valence-electron chi connectivity index (χ1n) is 3.78. The molecule has 2 N–H and O–H groups in total. The Bertz CT molecular complexity index is 314. The SMILES string of the molecule is NCc1ccccc1C(Cl)C(=O)Cl. The zero-order chi connectivity index (χ0) is 9.84. The van der Waals surface area contributed by atoms with Gasteiger partial charge in [0.2, 0.25) is 5.24 Å². The largest absolute Gasteiger partial charge is 0.326 e. The fourth-order valence-electron chi connectivity index (χ4n) is 1.09. The third-order valence-electron chi connectivity index (χ3n) is 1.75. The molecule has 0 saturated carbocycles. The second-order valence-corrected chi connectivity index (χ2v) is 3.38. The van der Waals surface area contributed by atoms with E-state index in [1.807, 2.05) is 12.1 Å². The van der Waals surface area contributed by atoms with Crippen molar-refractivity contribution >= 4 is 28.4 Å². The molecule has 0 heterocycles. The molecular formula is C9H9Cl2NO. The average molecular weight is 218 g/mol. The highest BCUT2D eigenvalue weighted by molar-refractivity contribution is 6.68. The van der Waals surface area contributed by atoms with E-state index in [0.29, 0.717) is 12.1 Å². The standard InChI is InChI=1S/C9H9Cl2NO/c10-8(9(11)13)7-4-2-1-3-6(7)5-12/h1-4,8H,5,12H2. The summed E-state index contributed by atoms with van der Waals surface area (Å²) in [5.41, 5.74) is 7.01. The highest BCUT2D eigenvalue weighted by atomic mass is 35.5. The second-order valence-electron chi connectivity index (χ2n) is 2.57. The van der Waals surface area contributed by atoms with E-state index in [-0.39, 0.29) is 0 Å².